The molecule has 21 rings (SSSR count). The van der Waals surface area contributed by atoms with E-state index in [1.54, 1.807) is 0 Å². The van der Waals surface area contributed by atoms with Crippen molar-refractivity contribution in [2.45, 2.75) is 30.1 Å². The molecule has 2 heterocycles. The fourth-order valence-corrected chi connectivity index (χ4v) is 18.1. The molecule has 5 aliphatic rings. The summed E-state index contributed by atoms with van der Waals surface area (Å²) in [7, 11) is 0. The van der Waals surface area contributed by atoms with Crippen molar-refractivity contribution < 1.29 is 8.83 Å². The maximum atomic E-state index is 6.92. The second-order valence-corrected chi connectivity index (χ2v) is 26.4. The van der Waals surface area contributed by atoms with E-state index in [0.29, 0.717) is 0 Å². The molecule has 5 aliphatic carbocycles. The van der Waals surface area contributed by atoms with Crippen LogP contribution in [0.5, 0.6) is 0 Å². The van der Waals surface area contributed by atoms with Crippen LogP contribution in [-0.2, 0) is 16.2 Å². The molecule has 0 radical (unpaired) electrons. The van der Waals surface area contributed by atoms with Crippen LogP contribution < -0.4 is 4.90 Å². The van der Waals surface area contributed by atoms with Gasteiger partial charge in [0.2, 0.25) is 0 Å². The van der Waals surface area contributed by atoms with Gasteiger partial charge in [-0.3, -0.25) is 0 Å². The fourth-order valence-electron chi connectivity index (χ4n) is 18.1. The predicted molar refractivity (Wildman–Crippen MR) is 377 cm³/mol. The van der Waals surface area contributed by atoms with Gasteiger partial charge in [-0.1, -0.05) is 238 Å². The largest absolute Gasteiger partial charge is 0.456 e. The highest BCUT2D eigenvalue weighted by atomic mass is 16.3. The molecule has 0 N–H and O–H groups in total. The normalized spacial score (nSPS) is 14.7. The van der Waals surface area contributed by atoms with Crippen LogP contribution in [0, 0.1) is 0 Å². The third-order valence-corrected chi connectivity index (χ3v) is 21.9. The lowest BCUT2D eigenvalue weighted by Gasteiger charge is -2.33. The van der Waals surface area contributed by atoms with Crippen LogP contribution in [0.15, 0.2) is 306 Å². The van der Waals surface area contributed by atoms with E-state index in [2.05, 4.69) is 316 Å². The van der Waals surface area contributed by atoms with Crippen molar-refractivity contribution in [3.8, 4) is 77.9 Å². The van der Waals surface area contributed by atoms with Gasteiger partial charge in [-0.05, 0) is 201 Å². The highest BCUT2D eigenvalue weighted by molar-refractivity contribution is 6.20. The van der Waals surface area contributed by atoms with Crippen molar-refractivity contribution in [1.82, 2.24) is 0 Å². The van der Waals surface area contributed by atoms with E-state index < -0.39 is 10.8 Å². The summed E-state index contributed by atoms with van der Waals surface area (Å²) in [6.07, 6.45) is 0. The smallest absolute Gasteiger partial charge is 0.143 e. The molecule has 2 spiro atoms. The molecule has 3 nitrogen and oxygen atoms in total. The summed E-state index contributed by atoms with van der Waals surface area (Å²) in [5.41, 5.74) is 35.6. The Kier molecular flexibility index (Phi) is 9.78. The molecule has 0 fully saturated rings. The van der Waals surface area contributed by atoms with Crippen LogP contribution in [0.25, 0.3) is 122 Å². The first-order chi connectivity index (χ1) is 45.4. The summed E-state index contributed by atoms with van der Waals surface area (Å²) >= 11 is 0. The van der Waals surface area contributed by atoms with E-state index in [-0.39, 0.29) is 5.41 Å². The van der Waals surface area contributed by atoms with Crippen LogP contribution in [0.2, 0.25) is 0 Å². The molecule has 0 bridgehead atoms. The first kappa shape index (κ1) is 50.4. The molecular weight excluding hydrogens is 1110 g/mol. The highest BCUT2D eigenvalue weighted by Gasteiger charge is 2.57. The molecule has 14 aromatic carbocycles. The summed E-state index contributed by atoms with van der Waals surface area (Å²) in [5.74, 6) is 0. The van der Waals surface area contributed by atoms with Crippen molar-refractivity contribution in [3.63, 3.8) is 0 Å². The highest BCUT2D eigenvalue weighted by Crippen LogP contribution is 2.70. The Labute approximate surface area is 532 Å². The number of furan rings is 2. The summed E-state index contributed by atoms with van der Waals surface area (Å²) in [4.78, 5) is 2.52. The minimum Gasteiger partial charge on any atom is -0.456 e. The minimum absolute atomic E-state index is 0.369. The molecular formula is C89H55NO2. The summed E-state index contributed by atoms with van der Waals surface area (Å²) in [6, 6.07) is 112. The number of rotatable bonds is 5. The van der Waals surface area contributed by atoms with Crippen LogP contribution >= 0.6 is 0 Å². The summed E-state index contributed by atoms with van der Waals surface area (Å²) < 4.78 is 13.8. The average Bonchev–Trinajstić information content (AvgIpc) is 1.49. The van der Waals surface area contributed by atoms with E-state index in [9.17, 15) is 0 Å². The first-order valence-electron chi connectivity index (χ1n) is 32.2. The van der Waals surface area contributed by atoms with Crippen LogP contribution in [0.4, 0.5) is 17.1 Å². The number of hydrogen-bond donors (Lipinski definition) is 0. The Morgan fingerprint density at radius 2 is 0.685 bits per heavy atom. The topological polar surface area (TPSA) is 29.5 Å². The maximum Gasteiger partial charge on any atom is 0.143 e. The van der Waals surface area contributed by atoms with Gasteiger partial charge in [0.15, 0.2) is 0 Å². The van der Waals surface area contributed by atoms with Crippen LogP contribution in [0.1, 0.15) is 69.5 Å². The lowest BCUT2D eigenvalue weighted by Crippen LogP contribution is -2.27. The molecule has 0 aliphatic heterocycles. The lowest BCUT2D eigenvalue weighted by atomic mass is 9.68. The number of para-hydroxylation sites is 2. The van der Waals surface area contributed by atoms with E-state index >= 15 is 0 Å². The third-order valence-electron chi connectivity index (χ3n) is 21.9. The SMILES string of the molecule is CC1(C)c2cc(N(c3ccc(-c4ccccc4)cc3)c3ccc4c(c3)C3(c5ccccc5-c5ccccc53)c3cc5c(cc3-4)C3(c4ccccc4-c4ccccc43)c3ccc4oc6ccccc6c4c3-5)ccc2-c2c1cc(-c1ccccc1)c1oc3ccccc3c21. The van der Waals surface area contributed by atoms with E-state index in [1.807, 2.05) is 0 Å². The van der Waals surface area contributed by atoms with E-state index in [1.165, 1.54) is 133 Å². The number of anilines is 3. The van der Waals surface area contributed by atoms with Gasteiger partial charge in [-0.25, -0.2) is 0 Å². The van der Waals surface area contributed by atoms with Gasteiger partial charge in [-0.2, -0.15) is 0 Å². The third kappa shape index (κ3) is 6.21. The van der Waals surface area contributed by atoms with E-state index in [4.69, 9.17) is 8.83 Å². The van der Waals surface area contributed by atoms with Crippen molar-refractivity contribution >= 4 is 60.9 Å². The summed E-state index contributed by atoms with van der Waals surface area (Å²) in [6.45, 7) is 4.83. The Bertz CT molecular complexity index is 5830. The molecule has 0 saturated heterocycles. The van der Waals surface area contributed by atoms with Crippen molar-refractivity contribution in [2.75, 3.05) is 4.90 Å². The van der Waals surface area contributed by atoms with Crippen molar-refractivity contribution in [1.29, 1.82) is 0 Å². The van der Waals surface area contributed by atoms with Gasteiger partial charge in [0, 0.05) is 49.6 Å². The monoisotopic (exact) mass is 1170 g/mol. The van der Waals surface area contributed by atoms with Crippen molar-refractivity contribution in [2.24, 2.45) is 0 Å². The Hall–Kier alpha value is -11.5. The van der Waals surface area contributed by atoms with Gasteiger partial charge in [0.25, 0.3) is 0 Å². The Morgan fingerprint density at radius 1 is 0.250 bits per heavy atom. The molecule has 16 aromatic rings. The van der Waals surface area contributed by atoms with E-state index in [0.717, 1.165) is 61.3 Å². The zero-order valence-corrected chi connectivity index (χ0v) is 50.6. The maximum absolute atomic E-state index is 6.92. The van der Waals surface area contributed by atoms with Gasteiger partial charge in [-0.15, -0.1) is 0 Å². The second-order valence-electron chi connectivity index (χ2n) is 26.4. The Balaban J connectivity index is 0.832. The average molecular weight is 1170 g/mol. The van der Waals surface area contributed by atoms with Crippen molar-refractivity contribution in [3.05, 3.63) is 353 Å². The van der Waals surface area contributed by atoms with Gasteiger partial charge < -0.3 is 13.7 Å². The standard InChI is InChI=1S/C89H55NO2/c1-87(2)74-47-56(42-44-63(74)82-78(87)49-66(54-23-7-4-8-24-54)86-85(82)65-30-14-20-36-80(65)92-86)90(55-39-37-53(38-40-55)52-21-5-3-6-22-52)57-41-43-62-67-50-77-68(51-76(67)89(75(62)48-57)71-33-17-11-27-60(71)61-28-12-18-34-72(61)89)83-73(45-46-81-84(83)64-29-13-19-35-79(64)91-81)88(77)69-31-15-9-25-58(69)59-26-10-16-32-70(59)88/h3-51H,1-2H3. The molecule has 0 unspecified atom stereocenters. The zero-order chi connectivity index (χ0) is 60.3. The molecule has 3 heteroatoms. The number of hydrogen-bond acceptors (Lipinski definition) is 3. The molecule has 428 valence electrons. The lowest BCUT2D eigenvalue weighted by molar-refractivity contribution is 0.657. The number of nitrogens with zero attached hydrogens (tertiary/aromatic N) is 1. The van der Waals surface area contributed by atoms with Gasteiger partial charge in [0.1, 0.15) is 22.3 Å². The van der Waals surface area contributed by atoms with Crippen LogP contribution in [0.3, 0.4) is 0 Å². The Morgan fingerprint density at radius 3 is 1.32 bits per heavy atom. The minimum atomic E-state index is -0.684. The molecule has 0 atom stereocenters. The quantitative estimate of drug-likeness (QED) is 0.172. The number of fused-ring (bicyclic) bond motifs is 31. The van der Waals surface area contributed by atoms with Gasteiger partial charge in [0.05, 0.1) is 10.8 Å². The molecule has 2 aromatic heterocycles. The predicted octanol–water partition coefficient (Wildman–Crippen LogP) is 23.3. The molecule has 0 amide bonds. The fraction of sp³-hybridized carbons (Fsp3) is 0.0562. The molecule has 0 saturated carbocycles. The summed E-state index contributed by atoms with van der Waals surface area (Å²) in [5, 5.41) is 4.62. The number of benzene rings is 14. The zero-order valence-electron chi connectivity index (χ0n) is 50.6. The van der Waals surface area contributed by atoms with Crippen LogP contribution in [-0.4, -0.2) is 0 Å². The molecule has 92 heavy (non-hydrogen) atoms. The first-order valence-corrected chi connectivity index (χ1v) is 32.2. The van der Waals surface area contributed by atoms with Gasteiger partial charge >= 0.3 is 0 Å². The second kappa shape index (κ2) is 17.9.